The molecule has 0 fully saturated rings. The third-order valence-corrected chi connectivity index (χ3v) is 4.07. The molecule has 2 heterocycles. The topological polar surface area (TPSA) is 54.9 Å². The summed E-state index contributed by atoms with van der Waals surface area (Å²) < 4.78 is 0.937. The van der Waals surface area contributed by atoms with E-state index in [1.165, 1.54) is 11.3 Å². The Bertz CT molecular complexity index is 756. The molecule has 3 rings (SSSR count). The minimum atomic E-state index is -0.172. The summed E-state index contributed by atoms with van der Waals surface area (Å²) in [5.74, 6) is -0.172. The summed E-state index contributed by atoms with van der Waals surface area (Å²) in [4.78, 5) is 20.6. The minimum absolute atomic E-state index is 0.172. The van der Waals surface area contributed by atoms with Gasteiger partial charge in [-0.3, -0.25) is 15.1 Å². The van der Waals surface area contributed by atoms with Crippen molar-refractivity contribution in [3.8, 4) is 11.3 Å². The van der Waals surface area contributed by atoms with Gasteiger partial charge in [0.15, 0.2) is 5.13 Å². The molecule has 104 valence electrons. The molecule has 1 N–H and O–H groups in total. The Labute approximate surface area is 134 Å². The Morgan fingerprint density at radius 2 is 2.00 bits per heavy atom. The molecule has 0 aliphatic rings. The monoisotopic (exact) mass is 359 g/mol. The van der Waals surface area contributed by atoms with Crippen molar-refractivity contribution >= 4 is 38.3 Å². The first-order valence-corrected chi connectivity index (χ1v) is 7.82. The van der Waals surface area contributed by atoms with Crippen molar-refractivity contribution in [1.29, 1.82) is 0 Å². The van der Waals surface area contributed by atoms with Gasteiger partial charge in [-0.15, -0.1) is 11.3 Å². The van der Waals surface area contributed by atoms with E-state index < -0.39 is 0 Å². The number of carbonyl (C=O) groups excluding carboxylic acids is 1. The summed E-state index contributed by atoms with van der Waals surface area (Å²) in [5, 5.41) is 5.27. The number of rotatable bonds is 3. The molecular formula is C15H10BrN3OS. The van der Waals surface area contributed by atoms with E-state index in [0.29, 0.717) is 10.7 Å². The Morgan fingerprint density at radius 1 is 1.19 bits per heavy atom. The highest BCUT2D eigenvalue weighted by molar-refractivity contribution is 9.10. The van der Waals surface area contributed by atoms with E-state index in [9.17, 15) is 4.79 Å². The second-order valence-electron chi connectivity index (χ2n) is 4.24. The molecule has 3 aromatic rings. The maximum Gasteiger partial charge on any atom is 0.257 e. The molecule has 6 heteroatoms. The SMILES string of the molecule is O=C(Nc1nc(-c2cccnc2)cs1)c1ccc(Br)cc1. The number of halogens is 1. The Morgan fingerprint density at radius 3 is 2.71 bits per heavy atom. The van der Waals surface area contributed by atoms with Gasteiger partial charge in [0.1, 0.15) is 0 Å². The summed E-state index contributed by atoms with van der Waals surface area (Å²) in [6.07, 6.45) is 3.46. The average Bonchev–Trinajstić information content (AvgIpc) is 2.97. The van der Waals surface area contributed by atoms with E-state index >= 15 is 0 Å². The van der Waals surface area contributed by atoms with Crippen molar-refractivity contribution in [2.24, 2.45) is 0 Å². The number of pyridine rings is 1. The lowest BCUT2D eigenvalue weighted by Gasteiger charge is -2.01. The molecule has 0 atom stereocenters. The zero-order valence-corrected chi connectivity index (χ0v) is 13.2. The molecule has 0 saturated heterocycles. The Hall–Kier alpha value is -2.05. The summed E-state index contributed by atoms with van der Waals surface area (Å²) >= 11 is 4.73. The lowest BCUT2D eigenvalue weighted by atomic mass is 10.2. The van der Waals surface area contributed by atoms with Crippen LogP contribution in [0.15, 0.2) is 58.6 Å². The van der Waals surface area contributed by atoms with Crippen molar-refractivity contribution in [2.45, 2.75) is 0 Å². The summed E-state index contributed by atoms with van der Waals surface area (Å²) in [5.41, 5.74) is 2.33. The lowest BCUT2D eigenvalue weighted by Crippen LogP contribution is -2.11. The Balaban J connectivity index is 1.75. The highest BCUT2D eigenvalue weighted by Crippen LogP contribution is 2.24. The quantitative estimate of drug-likeness (QED) is 0.761. The van der Waals surface area contributed by atoms with Crippen molar-refractivity contribution in [1.82, 2.24) is 9.97 Å². The molecule has 0 bridgehead atoms. The van der Waals surface area contributed by atoms with E-state index in [4.69, 9.17) is 0 Å². The molecule has 0 aliphatic heterocycles. The van der Waals surface area contributed by atoms with Gasteiger partial charge in [0, 0.05) is 33.4 Å². The molecule has 4 nitrogen and oxygen atoms in total. The first kappa shape index (κ1) is 13.9. The van der Waals surface area contributed by atoms with E-state index in [0.717, 1.165) is 15.7 Å². The van der Waals surface area contributed by atoms with E-state index in [2.05, 4.69) is 31.2 Å². The van der Waals surface area contributed by atoms with Gasteiger partial charge in [0.2, 0.25) is 0 Å². The number of nitrogens with one attached hydrogen (secondary N) is 1. The van der Waals surface area contributed by atoms with Crippen LogP contribution in [0.2, 0.25) is 0 Å². The highest BCUT2D eigenvalue weighted by Gasteiger charge is 2.09. The molecule has 0 spiro atoms. The highest BCUT2D eigenvalue weighted by atomic mass is 79.9. The fourth-order valence-corrected chi connectivity index (χ4v) is 2.73. The number of aromatic nitrogens is 2. The fraction of sp³-hybridized carbons (Fsp3) is 0. The standard InChI is InChI=1S/C15H10BrN3OS/c16-12-5-3-10(4-6-12)14(20)19-15-18-13(9-21-15)11-2-1-7-17-8-11/h1-9H,(H,18,19,20). The van der Waals surface area contributed by atoms with Gasteiger partial charge in [-0.25, -0.2) is 4.98 Å². The molecule has 2 aromatic heterocycles. The van der Waals surface area contributed by atoms with E-state index in [-0.39, 0.29) is 5.91 Å². The maximum atomic E-state index is 12.1. The summed E-state index contributed by atoms with van der Waals surface area (Å²) in [6.45, 7) is 0. The van der Waals surface area contributed by atoms with Crippen LogP contribution in [0.25, 0.3) is 11.3 Å². The minimum Gasteiger partial charge on any atom is -0.298 e. The van der Waals surface area contributed by atoms with Crippen molar-refractivity contribution < 1.29 is 4.79 Å². The number of hydrogen-bond acceptors (Lipinski definition) is 4. The van der Waals surface area contributed by atoms with Crippen LogP contribution in [-0.2, 0) is 0 Å². The number of amides is 1. The lowest BCUT2D eigenvalue weighted by molar-refractivity contribution is 0.102. The molecule has 1 aromatic carbocycles. The number of thiazole rings is 1. The molecule has 1 amide bonds. The van der Waals surface area contributed by atoms with Crippen LogP contribution in [0, 0.1) is 0 Å². The van der Waals surface area contributed by atoms with Gasteiger partial charge in [-0.2, -0.15) is 0 Å². The van der Waals surface area contributed by atoms with Crippen LogP contribution in [0.1, 0.15) is 10.4 Å². The van der Waals surface area contributed by atoms with Crippen LogP contribution in [0.5, 0.6) is 0 Å². The number of nitrogens with zero attached hydrogens (tertiary/aromatic N) is 2. The molecule has 0 radical (unpaired) electrons. The van der Waals surface area contributed by atoms with Crippen LogP contribution < -0.4 is 5.32 Å². The molecule has 0 aliphatic carbocycles. The summed E-state index contributed by atoms with van der Waals surface area (Å²) in [6, 6.07) is 11.0. The molecule has 21 heavy (non-hydrogen) atoms. The van der Waals surface area contributed by atoms with Crippen LogP contribution in [0.3, 0.4) is 0 Å². The van der Waals surface area contributed by atoms with Gasteiger partial charge in [0.25, 0.3) is 5.91 Å². The second kappa shape index (κ2) is 6.15. The zero-order chi connectivity index (χ0) is 14.7. The smallest absolute Gasteiger partial charge is 0.257 e. The maximum absolute atomic E-state index is 12.1. The van der Waals surface area contributed by atoms with Crippen molar-refractivity contribution in [3.05, 3.63) is 64.2 Å². The number of carbonyl (C=O) groups is 1. The third-order valence-electron chi connectivity index (χ3n) is 2.79. The van der Waals surface area contributed by atoms with E-state index in [1.54, 1.807) is 24.5 Å². The summed E-state index contributed by atoms with van der Waals surface area (Å²) in [7, 11) is 0. The van der Waals surface area contributed by atoms with Gasteiger partial charge in [-0.1, -0.05) is 15.9 Å². The molecule has 0 saturated carbocycles. The zero-order valence-electron chi connectivity index (χ0n) is 10.8. The second-order valence-corrected chi connectivity index (χ2v) is 6.01. The van der Waals surface area contributed by atoms with Crippen molar-refractivity contribution in [2.75, 3.05) is 5.32 Å². The molecule has 0 unspecified atom stereocenters. The fourth-order valence-electron chi connectivity index (χ4n) is 1.75. The largest absolute Gasteiger partial charge is 0.298 e. The molecular weight excluding hydrogens is 350 g/mol. The number of benzene rings is 1. The average molecular weight is 360 g/mol. The number of hydrogen-bond donors (Lipinski definition) is 1. The van der Waals surface area contributed by atoms with Crippen LogP contribution in [0.4, 0.5) is 5.13 Å². The van der Waals surface area contributed by atoms with Crippen LogP contribution in [-0.4, -0.2) is 15.9 Å². The number of anilines is 1. The third kappa shape index (κ3) is 3.34. The first-order chi connectivity index (χ1) is 10.2. The van der Waals surface area contributed by atoms with Crippen molar-refractivity contribution in [3.63, 3.8) is 0 Å². The van der Waals surface area contributed by atoms with Gasteiger partial charge in [-0.05, 0) is 36.4 Å². The van der Waals surface area contributed by atoms with Crippen LogP contribution >= 0.6 is 27.3 Å². The first-order valence-electron chi connectivity index (χ1n) is 6.15. The predicted molar refractivity (Wildman–Crippen MR) is 87.4 cm³/mol. The van der Waals surface area contributed by atoms with Gasteiger partial charge < -0.3 is 0 Å². The predicted octanol–water partition coefficient (Wildman–Crippen LogP) is 4.22. The van der Waals surface area contributed by atoms with E-state index in [1.807, 2.05) is 29.6 Å². The Kier molecular flexibility index (Phi) is 4.08. The normalized spacial score (nSPS) is 10.3. The van der Waals surface area contributed by atoms with Gasteiger partial charge >= 0.3 is 0 Å². The van der Waals surface area contributed by atoms with Gasteiger partial charge in [0.05, 0.1) is 5.69 Å².